The van der Waals surface area contributed by atoms with Crippen LogP contribution in [0.5, 0.6) is 0 Å². The molecule has 8 heteroatoms. The summed E-state index contributed by atoms with van der Waals surface area (Å²) in [6, 6.07) is 8.77. The maximum Gasteiger partial charge on any atom is 0.258 e. The van der Waals surface area contributed by atoms with Crippen molar-refractivity contribution in [2.45, 2.75) is 26.3 Å². The van der Waals surface area contributed by atoms with E-state index in [2.05, 4.69) is 15.5 Å². The average Bonchev–Trinajstić information content (AvgIpc) is 3.14. The molecule has 0 aliphatic rings. The van der Waals surface area contributed by atoms with E-state index < -0.39 is 0 Å². The maximum atomic E-state index is 12.7. The van der Waals surface area contributed by atoms with Crippen molar-refractivity contribution in [2.75, 3.05) is 20.3 Å². The number of hydrogen-bond acceptors (Lipinski definition) is 6. The summed E-state index contributed by atoms with van der Waals surface area (Å²) in [7, 11) is 1.56. The molecular weight excluding hydrogens is 348 g/mol. The molecule has 0 fully saturated rings. The smallest absolute Gasteiger partial charge is 0.258 e. The molecule has 0 aliphatic heterocycles. The highest BCUT2D eigenvalue weighted by atomic mass is 16.5. The molecule has 0 saturated heterocycles. The first-order valence-corrected chi connectivity index (χ1v) is 8.73. The van der Waals surface area contributed by atoms with Crippen molar-refractivity contribution in [1.29, 1.82) is 0 Å². The zero-order valence-corrected chi connectivity index (χ0v) is 15.6. The number of ether oxygens (including phenoxy) is 1. The summed E-state index contributed by atoms with van der Waals surface area (Å²) in [5, 5.41) is 7.46. The van der Waals surface area contributed by atoms with Crippen molar-refractivity contribution in [3.8, 4) is 11.5 Å². The van der Waals surface area contributed by atoms with Crippen molar-refractivity contribution in [3.05, 3.63) is 46.5 Å². The number of pyridine rings is 1. The molecule has 2 aromatic heterocycles. The second-order valence-electron chi connectivity index (χ2n) is 6.45. The molecular formula is C19H22N4O4. The van der Waals surface area contributed by atoms with Crippen LogP contribution in [0, 0.1) is 0 Å². The van der Waals surface area contributed by atoms with Crippen LogP contribution in [0.2, 0.25) is 0 Å². The summed E-state index contributed by atoms with van der Waals surface area (Å²) in [5.74, 6) is 0.733. The first-order chi connectivity index (χ1) is 13.0. The van der Waals surface area contributed by atoms with E-state index in [1.54, 1.807) is 13.2 Å². The molecule has 0 aliphatic carbocycles. The van der Waals surface area contributed by atoms with E-state index in [4.69, 9.17) is 9.26 Å². The van der Waals surface area contributed by atoms with Crippen molar-refractivity contribution >= 4 is 16.8 Å². The van der Waals surface area contributed by atoms with Gasteiger partial charge in [-0.15, -0.1) is 0 Å². The highest BCUT2D eigenvalue weighted by molar-refractivity contribution is 5.93. The minimum Gasteiger partial charge on any atom is -0.383 e. The number of nitrogens with one attached hydrogen (secondary N) is 1. The Kier molecular flexibility index (Phi) is 5.66. The fourth-order valence-corrected chi connectivity index (χ4v) is 2.75. The minimum atomic E-state index is -0.310. The lowest BCUT2D eigenvalue weighted by Crippen LogP contribution is -2.34. The van der Waals surface area contributed by atoms with E-state index in [9.17, 15) is 9.59 Å². The Labute approximate surface area is 156 Å². The zero-order valence-electron chi connectivity index (χ0n) is 15.6. The predicted molar refractivity (Wildman–Crippen MR) is 100 cm³/mol. The fourth-order valence-electron chi connectivity index (χ4n) is 2.75. The third-order valence-corrected chi connectivity index (χ3v) is 4.14. The minimum absolute atomic E-state index is 0.0790. The Morgan fingerprint density at radius 3 is 2.81 bits per heavy atom. The highest BCUT2D eigenvalue weighted by Gasteiger charge is 2.17. The molecule has 142 valence electrons. The standard InChI is InChI=1S/C19H22N4O4/c1-12(2)18-21-19(27-22-18)14-10-17(25)23(11-16(24)20-8-9-26-3)15-7-5-4-6-13(14)15/h4-7,10,12H,8-9,11H2,1-3H3,(H,20,24). The molecule has 3 rings (SSSR count). The van der Waals surface area contributed by atoms with Crippen LogP contribution in [0.4, 0.5) is 0 Å². The molecule has 1 amide bonds. The summed E-state index contributed by atoms with van der Waals surface area (Å²) in [5.41, 5.74) is 0.882. The number of benzene rings is 1. The molecule has 1 N–H and O–H groups in total. The van der Waals surface area contributed by atoms with Gasteiger partial charge in [-0.2, -0.15) is 4.98 Å². The fraction of sp³-hybridized carbons (Fsp3) is 0.368. The lowest BCUT2D eigenvalue weighted by molar-refractivity contribution is -0.121. The first kappa shape index (κ1) is 18.8. The third-order valence-electron chi connectivity index (χ3n) is 4.14. The number of nitrogens with zero attached hydrogens (tertiary/aromatic N) is 3. The summed E-state index contributed by atoms with van der Waals surface area (Å²) >= 11 is 0. The van der Waals surface area contributed by atoms with Crippen molar-refractivity contribution < 1.29 is 14.1 Å². The van der Waals surface area contributed by atoms with E-state index in [1.165, 1.54) is 10.6 Å². The molecule has 3 aromatic rings. The van der Waals surface area contributed by atoms with Gasteiger partial charge < -0.3 is 14.6 Å². The van der Waals surface area contributed by atoms with Gasteiger partial charge in [0.2, 0.25) is 5.91 Å². The molecule has 27 heavy (non-hydrogen) atoms. The summed E-state index contributed by atoms with van der Waals surface area (Å²) in [4.78, 5) is 29.2. The molecule has 0 radical (unpaired) electrons. The van der Waals surface area contributed by atoms with Crippen LogP contribution in [-0.4, -0.2) is 40.9 Å². The second kappa shape index (κ2) is 8.13. The summed E-state index contributed by atoms with van der Waals surface area (Å²) < 4.78 is 11.7. The normalized spacial score (nSPS) is 11.3. The number of fused-ring (bicyclic) bond motifs is 1. The zero-order chi connectivity index (χ0) is 19.4. The lowest BCUT2D eigenvalue weighted by Gasteiger charge is -2.12. The first-order valence-electron chi connectivity index (χ1n) is 8.73. The van der Waals surface area contributed by atoms with E-state index in [-0.39, 0.29) is 23.9 Å². The van der Waals surface area contributed by atoms with Gasteiger partial charge in [0, 0.05) is 31.0 Å². The molecule has 1 aromatic carbocycles. The monoisotopic (exact) mass is 370 g/mol. The second-order valence-corrected chi connectivity index (χ2v) is 6.45. The van der Waals surface area contributed by atoms with E-state index in [0.29, 0.717) is 35.9 Å². The van der Waals surface area contributed by atoms with Gasteiger partial charge in [-0.25, -0.2) is 0 Å². The van der Waals surface area contributed by atoms with Gasteiger partial charge in [0.1, 0.15) is 6.54 Å². The van der Waals surface area contributed by atoms with Gasteiger partial charge in [-0.05, 0) is 6.07 Å². The van der Waals surface area contributed by atoms with Gasteiger partial charge in [-0.3, -0.25) is 14.2 Å². The van der Waals surface area contributed by atoms with Crippen LogP contribution in [-0.2, 0) is 16.1 Å². The largest absolute Gasteiger partial charge is 0.383 e. The molecule has 0 spiro atoms. The number of carbonyl (C=O) groups excluding carboxylic acids is 1. The SMILES string of the molecule is COCCNC(=O)Cn1c(=O)cc(-c2nc(C(C)C)no2)c2ccccc21. The van der Waals surface area contributed by atoms with Crippen LogP contribution < -0.4 is 10.9 Å². The molecule has 0 bridgehead atoms. The van der Waals surface area contributed by atoms with Crippen LogP contribution in [0.1, 0.15) is 25.6 Å². The van der Waals surface area contributed by atoms with Gasteiger partial charge in [0.05, 0.1) is 17.7 Å². The van der Waals surface area contributed by atoms with E-state index in [1.807, 2.05) is 32.0 Å². The van der Waals surface area contributed by atoms with Crippen LogP contribution in [0.3, 0.4) is 0 Å². The molecule has 8 nitrogen and oxygen atoms in total. The van der Waals surface area contributed by atoms with Crippen molar-refractivity contribution in [3.63, 3.8) is 0 Å². The Morgan fingerprint density at radius 2 is 2.11 bits per heavy atom. The van der Waals surface area contributed by atoms with Crippen molar-refractivity contribution in [1.82, 2.24) is 20.0 Å². The molecule has 0 unspecified atom stereocenters. The topological polar surface area (TPSA) is 99.2 Å². The Balaban J connectivity index is 2.02. The third kappa shape index (κ3) is 4.06. The quantitative estimate of drug-likeness (QED) is 0.638. The summed E-state index contributed by atoms with van der Waals surface area (Å²) in [6.45, 7) is 4.65. The van der Waals surface area contributed by atoms with Gasteiger partial charge in [0.15, 0.2) is 5.82 Å². The Hall–Kier alpha value is -3.00. The summed E-state index contributed by atoms with van der Waals surface area (Å²) in [6.07, 6.45) is 0. The molecule has 0 atom stereocenters. The number of para-hydroxylation sites is 1. The van der Waals surface area contributed by atoms with Gasteiger partial charge >= 0.3 is 0 Å². The number of hydrogen-bond donors (Lipinski definition) is 1. The number of rotatable bonds is 7. The van der Waals surface area contributed by atoms with E-state index in [0.717, 1.165) is 5.39 Å². The maximum absolute atomic E-state index is 12.7. The molecule has 2 heterocycles. The number of methoxy groups -OCH3 is 1. The highest BCUT2D eigenvalue weighted by Crippen LogP contribution is 2.27. The number of aromatic nitrogens is 3. The van der Waals surface area contributed by atoms with Gasteiger partial charge in [-0.1, -0.05) is 37.2 Å². The van der Waals surface area contributed by atoms with Crippen LogP contribution >= 0.6 is 0 Å². The number of amides is 1. The Bertz CT molecular complexity index is 1010. The van der Waals surface area contributed by atoms with Crippen LogP contribution in [0.25, 0.3) is 22.4 Å². The average molecular weight is 370 g/mol. The van der Waals surface area contributed by atoms with Crippen molar-refractivity contribution in [2.24, 2.45) is 0 Å². The van der Waals surface area contributed by atoms with E-state index >= 15 is 0 Å². The lowest BCUT2D eigenvalue weighted by atomic mass is 10.1. The number of carbonyl (C=O) groups is 1. The Morgan fingerprint density at radius 1 is 1.33 bits per heavy atom. The molecule has 0 saturated carbocycles. The van der Waals surface area contributed by atoms with Gasteiger partial charge in [0.25, 0.3) is 11.4 Å². The van der Waals surface area contributed by atoms with Crippen LogP contribution in [0.15, 0.2) is 39.6 Å². The predicted octanol–water partition coefficient (Wildman–Crippen LogP) is 1.94.